The minimum absolute atomic E-state index is 0.0342. The number of carbonyl (C=O) groups excluding carboxylic acids is 1. The lowest BCUT2D eigenvalue weighted by atomic mass is 10.2. The predicted octanol–water partition coefficient (Wildman–Crippen LogP) is 2.67. The van der Waals surface area contributed by atoms with Crippen LogP contribution >= 0.6 is 0 Å². The van der Waals surface area contributed by atoms with Gasteiger partial charge < -0.3 is 15.5 Å². The predicted molar refractivity (Wildman–Crippen MR) is 101 cm³/mol. The maximum Gasteiger partial charge on any atom is 0.251 e. The molecule has 132 valence electrons. The number of hydrogen-bond donors (Lipinski definition) is 2. The molecule has 0 aliphatic rings. The SMILES string of the molecule is C=CCCCN(C)C(=NCCCNC(=O)c1ccccc1)NCC. The largest absolute Gasteiger partial charge is 0.357 e. The number of rotatable bonds is 10. The Hall–Kier alpha value is -2.30. The second-order valence-electron chi connectivity index (χ2n) is 5.56. The van der Waals surface area contributed by atoms with E-state index in [2.05, 4.69) is 34.0 Å². The molecule has 1 aromatic rings. The van der Waals surface area contributed by atoms with E-state index >= 15 is 0 Å². The summed E-state index contributed by atoms with van der Waals surface area (Å²) < 4.78 is 0. The molecular weight excluding hydrogens is 300 g/mol. The van der Waals surface area contributed by atoms with E-state index in [9.17, 15) is 4.79 Å². The first kappa shape index (κ1) is 19.7. The third kappa shape index (κ3) is 7.81. The van der Waals surface area contributed by atoms with E-state index in [1.165, 1.54) is 0 Å². The number of hydrogen-bond acceptors (Lipinski definition) is 2. The number of unbranched alkanes of at least 4 members (excludes halogenated alkanes) is 1. The van der Waals surface area contributed by atoms with Gasteiger partial charge in [0.15, 0.2) is 5.96 Å². The van der Waals surface area contributed by atoms with Crippen LogP contribution in [0.25, 0.3) is 0 Å². The van der Waals surface area contributed by atoms with Gasteiger partial charge in [-0.2, -0.15) is 0 Å². The summed E-state index contributed by atoms with van der Waals surface area (Å²) in [6.07, 6.45) is 4.83. The minimum Gasteiger partial charge on any atom is -0.357 e. The molecule has 0 heterocycles. The Labute approximate surface area is 145 Å². The van der Waals surface area contributed by atoms with Gasteiger partial charge in [0.1, 0.15) is 0 Å². The first-order valence-electron chi connectivity index (χ1n) is 8.62. The fourth-order valence-electron chi connectivity index (χ4n) is 2.21. The Morgan fingerprint density at radius 2 is 2.00 bits per heavy atom. The zero-order valence-electron chi connectivity index (χ0n) is 14.9. The van der Waals surface area contributed by atoms with Gasteiger partial charge in [0.25, 0.3) is 5.91 Å². The van der Waals surface area contributed by atoms with E-state index in [1.54, 1.807) is 0 Å². The molecule has 0 aliphatic heterocycles. The van der Waals surface area contributed by atoms with E-state index in [-0.39, 0.29) is 5.91 Å². The van der Waals surface area contributed by atoms with Gasteiger partial charge in [-0.25, -0.2) is 0 Å². The number of amides is 1. The van der Waals surface area contributed by atoms with Gasteiger partial charge in [-0.1, -0.05) is 24.3 Å². The minimum atomic E-state index is -0.0342. The summed E-state index contributed by atoms with van der Waals surface area (Å²) in [5.74, 6) is 0.879. The van der Waals surface area contributed by atoms with Crippen molar-refractivity contribution >= 4 is 11.9 Å². The first-order chi connectivity index (χ1) is 11.7. The van der Waals surface area contributed by atoms with Crippen molar-refractivity contribution in [1.29, 1.82) is 0 Å². The van der Waals surface area contributed by atoms with Gasteiger partial charge >= 0.3 is 0 Å². The summed E-state index contributed by atoms with van der Waals surface area (Å²) in [6.45, 7) is 8.90. The number of nitrogens with zero attached hydrogens (tertiary/aromatic N) is 2. The molecule has 0 bridgehead atoms. The Morgan fingerprint density at radius 1 is 1.25 bits per heavy atom. The highest BCUT2D eigenvalue weighted by Gasteiger charge is 2.05. The first-order valence-corrected chi connectivity index (χ1v) is 8.62. The summed E-state index contributed by atoms with van der Waals surface area (Å²) in [6, 6.07) is 9.26. The molecule has 0 aromatic heterocycles. The third-order valence-electron chi connectivity index (χ3n) is 3.52. The molecule has 24 heavy (non-hydrogen) atoms. The second-order valence-corrected chi connectivity index (χ2v) is 5.56. The fourth-order valence-corrected chi connectivity index (χ4v) is 2.21. The van der Waals surface area contributed by atoms with Crippen LogP contribution in [0.3, 0.4) is 0 Å². The van der Waals surface area contributed by atoms with Crippen molar-refractivity contribution in [2.24, 2.45) is 4.99 Å². The molecule has 1 rings (SSSR count). The number of nitrogens with one attached hydrogen (secondary N) is 2. The molecule has 0 unspecified atom stereocenters. The zero-order chi connectivity index (χ0) is 17.6. The lowest BCUT2D eigenvalue weighted by Gasteiger charge is -2.21. The maximum atomic E-state index is 11.9. The molecule has 0 saturated heterocycles. The van der Waals surface area contributed by atoms with Crippen molar-refractivity contribution in [1.82, 2.24) is 15.5 Å². The van der Waals surface area contributed by atoms with Crippen LogP contribution in [0.4, 0.5) is 0 Å². The summed E-state index contributed by atoms with van der Waals surface area (Å²) >= 11 is 0. The summed E-state index contributed by atoms with van der Waals surface area (Å²) in [5.41, 5.74) is 0.691. The van der Waals surface area contributed by atoms with Crippen molar-refractivity contribution in [2.45, 2.75) is 26.2 Å². The fraction of sp³-hybridized carbons (Fsp3) is 0.474. The van der Waals surface area contributed by atoms with Crippen molar-refractivity contribution in [2.75, 3.05) is 33.2 Å². The third-order valence-corrected chi connectivity index (χ3v) is 3.52. The van der Waals surface area contributed by atoms with E-state index < -0.39 is 0 Å². The molecule has 0 atom stereocenters. The maximum absolute atomic E-state index is 11.9. The molecule has 5 nitrogen and oxygen atoms in total. The normalized spacial score (nSPS) is 11.0. The summed E-state index contributed by atoms with van der Waals surface area (Å²) in [7, 11) is 2.04. The molecule has 0 saturated carbocycles. The van der Waals surface area contributed by atoms with Gasteiger partial charge in [-0.3, -0.25) is 9.79 Å². The van der Waals surface area contributed by atoms with E-state index in [4.69, 9.17) is 0 Å². The molecule has 0 aliphatic carbocycles. The highest BCUT2D eigenvalue weighted by molar-refractivity contribution is 5.94. The lowest BCUT2D eigenvalue weighted by molar-refractivity contribution is 0.0953. The number of benzene rings is 1. The van der Waals surface area contributed by atoms with Crippen molar-refractivity contribution in [3.05, 3.63) is 48.6 Å². The van der Waals surface area contributed by atoms with E-state index in [0.29, 0.717) is 18.7 Å². The lowest BCUT2D eigenvalue weighted by Crippen LogP contribution is -2.39. The van der Waals surface area contributed by atoms with Gasteiger partial charge in [-0.15, -0.1) is 6.58 Å². The molecule has 5 heteroatoms. The van der Waals surface area contributed by atoms with Gasteiger partial charge in [0.2, 0.25) is 0 Å². The average Bonchev–Trinajstić information content (AvgIpc) is 2.61. The second kappa shape index (κ2) is 12.2. The quantitative estimate of drug-likeness (QED) is 0.300. The van der Waals surface area contributed by atoms with Crippen LogP contribution in [-0.4, -0.2) is 50.0 Å². The monoisotopic (exact) mass is 330 g/mol. The molecule has 1 amide bonds. The van der Waals surface area contributed by atoms with Gasteiger partial charge in [0.05, 0.1) is 0 Å². The average molecular weight is 330 g/mol. The Balaban J connectivity index is 2.33. The summed E-state index contributed by atoms with van der Waals surface area (Å²) in [5, 5.41) is 6.22. The van der Waals surface area contributed by atoms with Crippen LogP contribution in [0.5, 0.6) is 0 Å². The molecule has 1 aromatic carbocycles. The molecule has 0 radical (unpaired) electrons. The van der Waals surface area contributed by atoms with Crippen LogP contribution in [0.2, 0.25) is 0 Å². The zero-order valence-corrected chi connectivity index (χ0v) is 14.9. The summed E-state index contributed by atoms with van der Waals surface area (Å²) in [4.78, 5) is 18.7. The number of guanidine groups is 1. The Kier molecular flexibility index (Phi) is 10.0. The van der Waals surface area contributed by atoms with E-state index in [0.717, 1.165) is 38.3 Å². The smallest absolute Gasteiger partial charge is 0.251 e. The number of carbonyl (C=O) groups is 1. The van der Waals surface area contributed by atoms with Crippen LogP contribution in [-0.2, 0) is 0 Å². The van der Waals surface area contributed by atoms with E-state index in [1.807, 2.05) is 43.5 Å². The Morgan fingerprint density at radius 3 is 2.67 bits per heavy atom. The standard InChI is InChI=1S/C19H30N4O/c1-4-6-10-16-23(3)19(20-5-2)22-15-11-14-21-18(24)17-12-8-7-9-13-17/h4,7-9,12-13H,1,5-6,10-11,14-16H2,2-3H3,(H,20,22)(H,21,24). The van der Waals surface area contributed by atoms with Crippen molar-refractivity contribution in [3.63, 3.8) is 0 Å². The highest BCUT2D eigenvalue weighted by Crippen LogP contribution is 1.98. The van der Waals surface area contributed by atoms with Crippen LogP contribution < -0.4 is 10.6 Å². The van der Waals surface area contributed by atoms with Crippen LogP contribution in [0.15, 0.2) is 48.0 Å². The van der Waals surface area contributed by atoms with Gasteiger partial charge in [-0.05, 0) is 38.3 Å². The highest BCUT2D eigenvalue weighted by atomic mass is 16.1. The Bertz CT molecular complexity index is 513. The van der Waals surface area contributed by atoms with Crippen molar-refractivity contribution < 1.29 is 4.79 Å². The molecule has 2 N–H and O–H groups in total. The van der Waals surface area contributed by atoms with Crippen LogP contribution in [0, 0.1) is 0 Å². The molecule has 0 spiro atoms. The molecular formula is C19H30N4O. The topological polar surface area (TPSA) is 56.7 Å². The number of aliphatic imine (C=N–C) groups is 1. The number of allylic oxidation sites excluding steroid dienone is 1. The molecule has 0 fully saturated rings. The van der Waals surface area contributed by atoms with Crippen LogP contribution in [0.1, 0.15) is 36.5 Å². The van der Waals surface area contributed by atoms with Gasteiger partial charge in [0, 0.05) is 38.8 Å². The van der Waals surface area contributed by atoms with Crippen molar-refractivity contribution in [3.8, 4) is 0 Å².